The van der Waals surface area contributed by atoms with Gasteiger partial charge in [-0.1, -0.05) is 24.3 Å². The summed E-state index contributed by atoms with van der Waals surface area (Å²) in [5, 5.41) is 9.49. The number of hydrogen-bond donors (Lipinski definition) is 1. The van der Waals surface area contributed by atoms with Crippen molar-refractivity contribution >= 4 is 17.0 Å². The van der Waals surface area contributed by atoms with Crippen molar-refractivity contribution in [2.75, 3.05) is 24.6 Å². The number of aromatic nitrogens is 4. The van der Waals surface area contributed by atoms with Crippen LogP contribution in [0.25, 0.3) is 22.2 Å². The third-order valence-electron chi connectivity index (χ3n) is 6.49. The molecule has 0 aliphatic carbocycles. The average molecular weight is 480 g/mol. The Labute approximate surface area is 202 Å². The zero-order valence-electron chi connectivity index (χ0n) is 19.4. The van der Waals surface area contributed by atoms with Gasteiger partial charge >= 0.3 is 6.61 Å². The Morgan fingerprint density at radius 1 is 1.11 bits per heavy atom. The molecule has 9 heteroatoms. The second kappa shape index (κ2) is 9.95. The molecule has 0 saturated carbocycles. The summed E-state index contributed by atoms with van der Waals surface area (Å²) in [4.78, 5) is 15.9. The zero-order valence-corrected chi connectivity index (χ0v) is 19.4. The van der Waals surface area contributed by atoms with E-state index in [1.54, 1.807) is 24.3 Å². The van der Waals surface area contributed by atoms with Crippen molar-refractivity contribution in [1.82, 2.24) is 19.5 Å². The summed E-state index contributed by atoms with van der Waals surface area (Å²) in [5.41, 5.74) is 4.17. The second-order valence-electron chi connectivity index (χ2n) is 8.84. The molecule has 1 saturated heterocycles. The first-order valence-corrected chi connectivity index (χ1v) is 11.7. The number of piperidine rings is 1. The van der Waals surface area contributed by atoms with E-state index in [0.29, 0.717) is 18.1 Å². The summed E-state index contributed by atoms with van der Waals surface area (Å²) in [7, 11) is 0. The van der Waals surface area contributed by atoms with Crippen LogP contribution >= 0.6 is 0 Å². The van der Waals surface area contributed by atoms with Gasteiger partial charge in [-0.25, -0.2) is 15.0 Å². The lowest BCUT2D eigenvalue weighted by Gasteiger charge is -2.31. The fourth-order valence-electron chi connectivity index (χ4n) is 4.67. The van der Waals surface area contributed by atoms with Crippen LogP contribution in [0.4, 0.5) is 14.7 Å². The zero-order chi connectivity index (χ0) is 24.4. The van der Waals surface area contributed by atoms with E-state index < -0.39 is 6.61 Å². The van der Waals surface area contributed by atoms with Crippen molar-refractivity contribution in [3.05, 3.63) is 66.2 Å². The van der Waals surface area contributed by atoms with Crippen molar-refractivity contribution in [2.45, 2.75) is 32.9 Å². The molecule has 1 unspecified atom stereocenters. The molecule has 1 atom stereocenters. The quantitative estimate of drug-likeness (QED) is 0.416. The summed E-state index contributed by atoms with van der Waals surface area (Å²) in [6, 6.07) is 12.8. The summed E-state index contributed by atoms with van der Waals surface area (Å²) in [6.45, 7) is 1.19. The van der Waals surface area contributed by atoms with E-state index in [9.17, 15) is 13.9 Å². The molecule has 0 spiro atoms. The van der Waals surface area contributed by atoms with E-state index in [-0.39, 0.29) is 18.3 Å². The fraction of sp³-hybridized carbons (Fsp3) is 0.346. The van der Waals surface area contributed by atoms with Crippen molar-refractivity contribution in [2.24, 2.45) is 5.92 Å². The Kier molecular flexibility index (Phi) is 6.59. The standard InChI is InChI=1S/C26H27F2N5O2/c1-17-31-22-9-8-19(21-12-29-26(30-13-21)32-10-4-5-18(14-32)16-34)11-23(22)33(17)15-20-6-2-3-7-24(20)35-25(27)28/h2-3,6-9,11-13,18,25,34H,4-5,10,14-16H2,1H3. The number of aliphatic hydroxyl groups is 1. The van der Waals surface area contributed by atoms with Crippen LogP contribution in [0.3, 0.4) is 0 Å². The minimum Gasteiger partial charge on any atom is -0.434 e. The number of fused-ring (bicyclic) bond motifs is 1. The molecule has 2 aromatic heterocycles. The number of hydrogen-bond acceptors (Lipinski definition) is 6. The highest BCUT2D eigenvalue weighted by Gasteiger charge is 2.21. The van der Waals surface area contributed by atoms with E-state index in [4.69, 9.17) is 4.74 Å². The van der Waals surface area contributed by atoms with Crippen LogP contribution in [-0.2, 0) is 6.54 Å². The number of alkyl halides is 2. The number of aryl methyl sites for hydroxylation is 1. The molecule has 1 N–H and O–H groups in total. The minimum atomic E-state index is -2.88. The topological polar surface area (TPSA) is 76.3 Å². The van der Waals surface area contributed by atoms with Crippen LogP contribution in [0.2, 0.25) is 0 Å². The SMILES string of the molecule is Cc1nc2ccc(-c3cnc(N4CCCC(CO)C4)nc3)cc2n1Cc1ccccc1OC(F)F. The van der Waals surface area contributed by atoms with Crippen molar-refractivity contribution in [1.29, 1.82) is 0 Å². The number of rotatable bonds is 7. The maximum Gasteiger partial charge on any atom is 0.387 e. The monoisotopic (exact) mass is 479 g/mol. The fourth-order valence-corrected chi connectivity index (χ4v) is 4.67. The molecule has 1 aliphatic heterocycles. The Balaban J connectivity index is 1.43. The van der Waals surface area contributed by atoms with Crippen molar-refractivity contribution in [3.8, 4) is 16.9 Å². The molecule has 1 aliphatic rings. The van der Waals surface area contributed by atoms with Gasteiger partial charge in [0, 0.05) is 43.2 Å². The number of halogens is 2. The van der Waals surface area contributed by atoms with Crippen molar-refractivity contribution < 1.29 is 18.6 Å². The number of ether oxygens (including phenoxy) is 1. The molecular weight excluding hydrogens is 452 g/mol. The normalized spacial score (nSPS) is 16.3. The average Bonchev–Trinajstić information content (AvgIpc) is 3.19. The lowest BCUT2D eigenvalue weighted by atomic mass is 9.99. The van der Waals surface area contributed by atoms with E-state index in [2.05, 4.69) is 19.9 Å². The molecule has 5 rings (SSSR count). The second-order valence-corrected chi connectivity index (χ2v) is 8.84. The lowest BCUT2D eigenvalue weighted by Crippen LogP contribution is -2.37. The molecule has 1 fully saturated rings. The Morgan fingerprint density at radius 2 is 1.91 bits per heavy atom. The molecule has 4 aromatic rings. The first-order valence-electron chi connectivity index (χ1n) is 11.7. The van der Waals surface area contributed by atoms with Crippen LogP contribution in [-0.4, -0.2) is 50.9 Å². The number of anilines is 1. The first-order chi connectivity index (χ1) is 17.0. The largest absolute Gasteiger partial charge is 0.434 e. The molecule has 3 heterocycles. The number of benzene rings is 2. The third-order valence-corrected chi connectivity index (χ3v) is 6.49. The summed E-state index contributed by atoms with van der Waals surface area (Å²) >= 11 is 0. The molecule has 35 heavy (non-hydrogen) atoms. The molecule has 0 amide bonds. The Hall–Kier alpha value is -3.59. The number of imidazole rings is 1. The van der Waals surface area contributed by atoms with Gasteiger partial charge < -0.3 is 19.3 Å². The maximum atomic E-state index is 12.9. The highest BCUT2D eigenvalue weighted by molar-refractivity contribution is 5.82. The molecule has 182 valence electrons. The van der Waals surface area contributed by atoms with Gasteiger partial charge in [-0.05, 0) is 49.4 Å². The van der Waals surface area contributed by atoms with E-state index in [0.717, 1.165) is 53.9 Å². The van der Waals surface area contributed by atoms with Gasteiger partial charge in [0.25, 0.3) is 0 Å². The van der Waals surface area contributed by atoms with Gasteiger partial charge in [-0.2, -0.15) is 8.78 Å². The van der Waals surface area contributed by atoms with Gasteiger partial charge in [0.05, 0.1) is 17.6 Å². The molecule has 0 radical (unpaired) electrons. The van der Waals surface area contributed by atoms with Gasteiger partial charge in [0.15, 0.2) is 0 Å². The summed E-state index contributed by atoms with van der Waals surface area (Å²) in [6.07, 6.45) is 5.66. The molecule has 2 aromatic carbocycles. The first kappa shape index (κ1) is 23.2. The molecular formula is C26H27F2N5O2. The number of para-hydroxylation sites is 1. The molecule has 7 nitrogen and oxygen atoms in total. The molecule has 0 bridgehead atoms. The van der Waals surface area contributed by atoms with Gasteiger partial charge in [0.2, 0.25) is 5.95 Å². The minimum absolute atomic E-state index is 0.157. The van der Waals surface area contributed by atoms with E-state index in [1.807, 2.05) is 42.1 Å². The van der Waals surface area contributed by atoms with Gasteiger partial charge in [0.1, 0.15) is 11.6 Å². The summed E-state index contributed by atoms with van der Waals surface area (Å²) < 4.78 is 32.4. The van der Waals surface area contributed by atoms with Crippen LogP contribution in [0, 0.1) is 12.8 Å². The third kappa shape index (κ3) is 4.95. The van der Waals surface area contributed by atoms with Crippen LogP contribution < -0.4 is 9.64 Å². The van der Waals surface area contributed by atoms with Crippen LogP contribution in [0.1, 0.15) is 24.2 Å². The maximum absolute atomic E-state index is 12.9. The van der Waals surface area contributed by atoms with Crippen molar-refractivity contribution in [3.63, 3.8) is 0 Å². The Morgan fingerprint density at radius 3 is 2.69 bits per heavy atom. The highest BCUT2D eigenvalue weighted by Crippen LogP contribution is 2.28. The van der Waals surface area contributed by atoms with Crippen LogP contribution in [0.15, 0.2) is 54.9 Å². The van der Waals surface area contributed by atoms with Crippen LogP contribution in [0.5, 0.6) is 5.75 Å². The number of aliphatic hydroxyl groups excluding tert-OH is 1. The predicted molar refractivity (Wildman–Crippen MR) is 130 cm³/mol. The lowest BCUT2D eigenvalue weighted by molar-refractivity contribution is -0.0504. The highest BCUT2D eigenvalue weighted by atomic mass is 19.3. The van der Waals surface area contributed by atoms with Gasteiger partial charge in [-0.3, -0.25) is 0 Å². The predicted octanol–water partition coefficient (Wildman–Crippen LogP) is 4.66. The van der Waals surface area contributed by atoms with E-state index in [1.165, 1.54) is 0 Å². The van der Waals surface area contributed by atoms with E-state index >= 15 is 0 Å². The van der Waals surface area contributed by atoms with Gasteiger partial charge in [-0.15, -0.1) is 0 Å². The summed E-state index contributed by atoms with van der Waals surface area (Å²) in [5.74, 6) is 1.86. The number of nitrogens with zero attached hydrogens (tertiary/aromatic N) is 5. The Bertz CT molecular complexity index is 1310. The smallest absolute Gasteiger partial charge is 0.387 e.